The lowest BCUT2D eigenvalue weighted by Crippen LogP contribution is -2.16. The summed E-state index contributed by atoms with van der Waals surface area (Å²) in [6.45, 7) is 7.64. The summed E-state index contributed by atoms with van der Waals surface area (Å²) < 4.78 is 4.74. The molecule has 0 rings (SSSR count). The molecule has 64 valence electrons. The number of nitrogens with one attached hydrogen (secondary N) is 1. The van der Waals surface area contributed by atoms with Crippen molar-refractivity contribution >= 4 is 5.97 Å². The summed E-state index contributed by atoms with van der Waals surface area (Å²) >= 11 is 0. The van der Waals surface area contributed by atoms with Crippen LogP contribution in [-0.4, -0.2) is 25.7 Å². The van der Waals surface area contributed by atoms with Gasteiger partial charge >= 0.3 is 5.97 Å². The van der Waals surface area contributed by atoms with E-state index in [9.17, 15) is 4.79 Å². The molecule has 0 fully saturated rings. The molecule has 11 heavy (non-hydrogen) atoms. The molecular formula is C8H15NO2. The minimum absolute atomic E-state index is 0.346. The summed E-state index contributed by atoms with van der Waals surface area (Å²) in [6, 6.07) is 0. The highest BCUT2D eigenvalue weighted by atomic mass is 16.5. The van der Waals surface area contributed by atoms with Crippen LogP contribution in [0.25, 0.3) is 0 Å². The minimum Gasteiger partial charge on any atom is -0.462 e. The number of hydrogen-bond donors (Lipinski definition) is 1. The molecular weight excluding hydrogens is 142 g/mol. The van der Waals surface area contributed by atoms with Crippen molar-refractivity contribution < 1.29 is 9.53 Å². The average Bonchev–Trinajstić information content (AvgIpc) is 2.04. The van der Waals surface area contributed by atoms with Crippen molar-refractivity contribution in [2.75, 3.05) is 19.7 Å². The van der Waals surface area contributed by atoms with Gasteiger partial charge in [-0.1, -0.05) is 13.5 Å². The summed E-state index contributed by atoms with van der Waals surface area (Å²) in [4.78, 5) is 10.5. The summed E-state index contributed by atoms with van der Waals surface area (Å²) in [5.74, 6) is -0.346. The zero-order valence-electron chi connectivity index (χ0n) is 6.93. The molecule has 0 radical (unpaired) electrons. The van der Waals surface area contributed by atoms with Crippen LogP contribution in [0, 0.1) is 0 Å². The molecule has 3 heteroatoms. The molecule has 0 amide bonds. The molecule has 0 aromatic rings. The van der Waals surface area contributed by atoms with Crippen molar-refractivity contribution in [3.05, 3.63) is 12.7 Å². The van der Waals surface area contributed by atoms with Gasteiger partial charge in [-0.15, -0.1) is 0 Å². The maximum Gasteiger partial charge on any atom is 0.330 e. The lowest BCUT2D eigenvalue weighted by molar-refractivity contribution is -0.137. The van der Waals surface area contributed by atoms with E-state index >= 15 is 0 Å². The largest absolute Gasteiger partial charge is 0.462 e. The lowest BCUT2D eigenvalue weighted by Gasteiger charge is -2.01. The average molecular weight is 157 g/mol. The number of esters is 1. The number of carbonyl (C=O) groups is 1. The monoisotopic (exact) mass is 157 g/mol. The maximum absolute atomic E-state index is 10.5. The van der Waals surface area contributed by atoms with Crippen LogP contribution in [0.3, 0.4) is 0 Å². The summed E-state index contributed by atoms with van der Waals surface area (Å²) in [5, 5.41) is 3.12. The Labute approximate surface area is 67.4 Å². The molecule has 0 aliphatic rings. The molecule has 0 saturated heterocycles. The van der Waals surface area contributed by atoms with Gasteiger partial charge in [0.1, 0.15) is 0 Å². The van der Waals surface area contributed by atoms with Gasteiger partial charge in [0.25, 0.3) is 0 Å². The Balaban J connectivity index is 3.01. The number of hydrogen-bond acceptors (Lipinski definition) is 3. The predicted molar refractivity (Wildman–Crippen MR) is 44.3 cm³/mol. The first-order chi connectivity index (χ1) is 5.31. The maximum atomic E-state index is 10.5. The van der Waals surface area contributed by atoms with E-state index in [4.69, 9.17) is 4.74 Å². The molecule has 0 aromatic carbocycles. The normalized spacial score (nSPS) is 9.18. The fraction of sp³-hybridized carbons (Fsp3) is 0.625. The van der Waals surface area contributed by atoms with Crippen molar-refractivity contribution in [3.63, 3.8) is 0 Å². The molecule has 0 unspecified atom stereocenters. The Hall–Kier alpha value is -0.830. The summed E-state index contributed by atoms with van der Waals surface area (Å²) in [6.07, 6.45) is 2.03. The summed E-state index contributed by atoms with van der Waals surface area (Å²) in [5.41, 5.74) is 0. The Bertz CT molecular complexity index is 123. The van der Waals surface area contributed by atoms with Crippen LogP contribution < -0.4 is 5.32 Å². The number of ether oxygens (including phenoxy) is 1. The molecule has 0 saturated carbocycles. The van der Waals surface area contributed by atoms with Crippen molar-refractivity contribution in [3.8, 4) is 0 Å². The highest BCUT2D eigenvalue weighted by molar-refractivity contribution is 5.81. The molecule has 1 N–H and O–H groups in total. The van der Waals surface area contributed by atoms with Gasteiger partial charge in [-0.2, -0.15) is 0 Å². The molecule has 0 aromatic heterocycles. The standard InChI is InChI=1S/C8H15NO2/c1-3-8(10)11-7-5-6-9-4-2/h3,9H,1,4-7H2,2H3. The fourth-order valence-electron chi connectivity index (χ4n) is 0.606. The van der Waals surface area contributed by atoms with Gasteiger partial charge in [-0.3, -0.25) is 0 Å². The van der Waals surface area contributed by atoms with Crippen LogP contribution >= 0.6 is 0 Å². The van der Waals surface area contributed by atoms with Crippen LogP contribution in [0.2, 0.25) is 0 Å². The predicted octanol–water partition coefficient (Wildman–Crippen LogP) is 0.715. The van der Waals surface area contributed by atoms with Crippen molar-refractivity contribution in [2.45, 2.75) is 13.3 Å². The highest BCUT2D eigenvalue weighted by Crippen LogP contribution is 1.82. The lowest BCUT2D eigenvalue weighted by atomic mass is 10.4. The number of carbonyl (C=O) groups excluding carboxylic acids is 1. The van der Waals surface area contributed by atoms with Gasteiger partial charge in [0.15, 0.2) is 0 Å². The van der Waals surface area contributed by atoms with Gasteiger partial charge in [0.05, 0.1) is 6.61 Å². The second-order valence-corrected chi connectivity index (χ2v) is 2.08. The molecule has 0 aliphatic heterocycles. The van der Waals surface area contributed by atoms with Crippen molar-refractivity contribution in [1.29, 1.82) is 0 Å². The van der Waals surface area contributed by atoms with Crippen molar-refractivity contribution in [2.24, 2.45) is 0 Å². The van der Waals surface area contributed by atoms with Gasteiger partial charge in [0.2, 0.25) is 0 Å². The van der Waals surface area contributed by atoms with E-state index in [2.05, 4.69) is 11.9 Å². The smallest absolute Gasteiger partial charge is 0.330 e. The van der Waals surface area contributed by atoms with Crippen molar-refractivity contribution in [1.82, 2.24) is 5.32 Å². The second-order valence-electron chi connectivity index (χ2n) is 2.08. The van der Waals surface area contributed by atoms with Gasteiger partial charge in [-0.25, -0.2) is 4.79 Å². The van der Waals surface area contributed by atoms with E-state index in [1.165, 1.54) is 6.08 Å². The van der Waals surface area contributed by atoms with E-state index in [1.807, 2.05) is 6.92 Å². The zero-order chi connectivity index (χ0) is 8.53. The van der Waals surface area contributed by atoms with Crippen LogP contribution in [0.4, 0.5) is 0 Å². The number of rotatable bonds is 6. The Morgan fingerprint density at radius 1 is 1.73 bits per heavy atom. The molecule has 0 spiro atoms. The minimum atomic E-state index is -0.346. The fourth-order valence-corrected chi connectivity index (χ4v) is 0.606. The first-order valence-corrected chi connectivity index (χ1v) is 3.81. The van der Waals surface area contributed by atoms with Crippen LogP contribution in [0.1, 0.15) is 13.3 Å². The molecule has 3 nitrogen and oxygen atoms in total. The van der Waals surface area contributed by atoms with E-state index in [1.54, 1.807) is 0 Å². The van der Waals surface area contributed by atoms with E-state index in [0.29, 0.717) is 6.61 Å². The van der Waals surface area contributed by atoms with Crippen LogP contribution in [-0.2, 0) is 9.53 Å². The SMILES string of the molecule is C=CC(=O)OCCCNCC. The van der Waals surface area contributed by atoms with E-state index < -0.39 is 0 Å². The summed E-state index contributed by atoms with van der Waals surface area (Å²) in [7, 11) is 0. The Kier molecular flexibility index (Phi) is 6.73. The van der Waals surface area contributed by atoms with Gasteiger partial charge in [0, 0.05) is 6.08 Å². The zero-order valence-corrected chi connectivity index (χ0v) is 6.93. The third-order valence-electron chi connectivity index (χ3n) is 1.16. The van der Waals surface area contributed by atoms with Gasteiger partial charge < -0.3 is 10.1 Å². The van der Waals surface area contributed by atoms with E-state index in [-0.39, 0.29) is 5.97 Å². The highest BCUT2D eigenvalue weighted by Gasteiger charge is 1.93. The molecule has 0 bridgehead atoms. The van der Waals surface area contributed by atoms with Crippen LogP contribution in [0.15, 0.2) is 12.7 Å². The molecule has 0 aliphatic carbocycles. The third kappa shape index (κ3) is 7.06. The quantitative estimate of drug-likeness (QED) is 0.350. The van der Waals surface area contributed by atoms with Gasteiger partial charge in [-0.05, 0) is 19.5 Å². The Morgan fingerprint density at radius 3 is 3.00 bits per heavy atom. The molecule has 0 atom stereocenters. The topological polar surface area (TPSA) is 38.3 Å². The first kappa shape index (κ1) is 10.2. The first-order valence-electron chi connectivity index (χ1n) is 3.81. The molecule has 0 heterocycles. The third-order valence-corrected chi connectivity index (χ3v) is 1.16. The van der Waals surface area contributed by atoms with Crippen LogP contribution in [0.5, 0.6) is 0 Å². The van der Waals surface area contributed by atoms with E-state index in [0.717, 1.165) is 19.5 Å². The second kappa shape index (κ2) is 7.28. The Morgan fingerprint density at radius 2 is 2.45 bits per heavy atom.